The number of aromatic nitrogens is 2. The van der Waals surface area contributed by atoms with Gasteiger partial charge in [-0.2, -0.15) is 26.3 Å². The highest BCUT2D eigenvalue weighted by atomic mass is 19.4. The monoisotopic (exact) mass is 440 g/mol. The Bertz CT molecular complexity index is 1030. The number of pyridine rings is 2. The molecule has 0 amide bonds. The first-order valence-electron chi connectivity index (χ1n) is 9.48. The molecular weight excluding hydrogens is 418 g/mol. The molecule has 0 aliphatic heterocycles. The van der Waals surface area contributed by atoms with E-state index in [1.807, 2.05) is 0 Å². The summed E-state index contributed by atoms with van der Waals surface area (Å²) in [5, 5.41) is 0. The quantitative estimate of drug-likeness (QED) is 0.360. The van der Waals surface area contributed by atoms with E-state index in [9.17, 15) is 26.3 Å². The van der Waals surface area contributed by atoms with Crippen LogP contribution in [0, 0.1) is 20.8 Å². The maximum Gasteiger partial charge on any atom is 0.417 e. The minimum absolute atomic E-state index is 0.0723. The summed E-state index contributed by atoms with van der Waals surface area (Å²) in [5.74, 6) is 0. The lowest BCUT2D eigenvalue weighted by atomic mass is 9.86. The van der Waals surface area contributed by atoms with Gasteiger partial charge in [-0.05, 0) is 44.5 Å². The van der Waals surface area contributed by atoms with Crippen LogP contribution in [-0.2, 0) is 26.4 Å². The summed E-state index contributed by atoms with van der Waals surface area (Å²) in [4.78, 5) is 0. The Hall–Kier alpha value is -2.90. The number of alkyl halides is 6. The van der Waals surface area contributed by atoms with Crippen LogP contribution < -0.4 is 9.13 Å². The molecule has 0 N–H and O–H groups in total. The number of halogens is 6. The van der Waals surface area contributed by atoms with E-state index in [0.717, 1.165) is 0 Å². The Morgan fingerprint density at radius 3 is 1.29 bits per heavy atom. The molecule has 31 heavy (non-hydrogen) atoms. The first kappa shape index (κ1) is 22.8. The predicted octanol–water partition coefficient (Wildman–Crippen LogP) is 5.63. The Kier molecular flexibility index (Phi) is 5.63. The van der Waals surface area contributed by atoms with Gasteiger partial charge < -0.3 is 0 Å². The van der Waals surface area contributed by atoms with Gasteiger partial charge in [0, 0.05) is 23.3 Å². The van der Waals surface area contributed by atoms with Gasteiger partial charge in [-0.3, -0.25) is 0 Å². The zero-order chi connectivity index (χ0) is 23.3. The molecule has 8 heteroatoms. The molecule has 0 bridgehead atoms. The average Bonchev–Trinajstić information content (AvgIpc) is 2.61. The second kappa shape index (κ2) is 7.66. The lowest BCUT2D eigenvalue weighted by Crippen LogP contribution is -2.34. The second-order valence-electron chi connectivity index (χ2n) is 7.64. The normalized spacial score (nSPS) is 12.4. The third kappa shape index (κ3) is 4.03. The van der Waals surface area contributed by atoms with Crippen LogP contribution in [0.2, 0.25) is 0 Å². The van der Waals surface area contributed by atoms with Crippen LogP contribution in [0.3, 0.4) is 0 Å². The van der Waals surface area contributed by atoms with Gasteiger partial charge in [0.15, 0.2) is 12.4 Å². The molecule has 164 valence electrons. The van der Waals surface area contributed by atoms with Gasteiger partial charge in [0.25, 0.3) is 0 Å². The van der Waals surface area contributed by atoms with Gasteiger partial charge in [0.1, 0.15) is 14.1 Å². The molecule has 3 rings (SSSR count). The molecule has 0 aliphatic rings. The summed E-state index contributed by atoms with van der Waals surface area (Å²) in [5.41, 5.74) is -1.69. The van der Waals surface area contributed by atoms with E-state index in [2.05, 4.69) is 0 Å². The van der Waals surface area contributed by atoms with Crippen molar-refractivity contribution in [2.75, 3.05) is 0 Å². The van der Waals surface area contributed by atoms with Gasteiger partial charge in [-0.25, -0.2) is 9.13 Å². The number of hydrogen-bond donors (Lipinski definition) is 0. The Balaban J connectivity index is 2.62. The number of aryl methyl sites for hydroxylation is 4. The van der Waals surface area contributed by atoms with Crippen LogP contribution in [0.1, 0.15) is 27.8 Å². The molecule has 0 radical (unpaired) electrons. The molecular formula is C23H22F6N2+2. The number of benzene rings is 1. The fourth-order valence-electron chi connectivity index (χ4n) is 4.12. The third-order valence-corrected chi connectivity index (χ3v) is 5.43. The van der Waals surface area contributed by atoms with Gasteiger partial charge >= 0.3 is 12.4 Å². The maximum absolute atomic E-state index is 14.1. The summed E-state index contributed by atoms with van der Waals surface area (Å²) >= 11 is 0. The SMILES string of the molecule is Cc1ccc[n+](C)c1-c1c(C(F)(F)F)cc(C(F)(F)F)c(-c2c(C)ccc[n+]2C)c1C. The Morgan fingerprint density at radius 1 is 0.645 bits per heavy atom. The number of hydrogen-bond acceptors (Lipinski definition) is 0. The summed E-state index contributed by atoms with van der Waals surface area (Å²) in [6.45, 7) is 4.61. The average molecular weight is 440 g/mol. The molecule has 0 aliphatic carbocycles. The van der Waals surface area contributed by atoms with Crippen molar-refractivity contribution in [3.05, 3.63) is 70.5 Å². The van der Waals surface area contributed by atoms with E-state index in [-0.39, 0.29) is 34.1 Å². The third-order valence-electron chi connectivity index (χ3n) is 5.43. The fraction of sp³-hybridized carbons (Fsp3) is 0.304. The summed E-state index contributed by atoms with van der Waals surface area (Å²) in [6.07, 6.45) is -6.79. The van der Waals surface area contributed by atoms with Crippen LogP contribution in [0.25, 0.3) is 22.5 Å². The lowest BCUT2D eigenvalue weighted by molar-refractivity contribution is -0.661. The highest BCUT2D eigenvalue weighted by Crippen LogP contribution is 2.47. The molecule has 3 aromatic rings. The van der Waals surface area contributed by atoms with Crippen molar-refractivity contribution in [1.82, 2.24) is 0 Å². The van der Waals surface area contributed by atoms with E-state index in [1.165, 1.54) is 16.1 Å². The van der Waals surface area contributed by atoms with Crippen molar-refractivity contribution in [2.24, 2.45) is 14.1 Å². The molecule has 1 aromatic carbocycles. The van der Waals surface area contributed by atoms with Gasteiger partial charge in [-0.1, -0.05) is 0 Å². The van der Waals surface area contributed by atoms with Crippen molar-refractivity contribution in [1.29, 1.82) is 0 Å². The topological polar surface area (TPSA) is 7.76 Å². The highest BCUT2D eigenvalue weighted by molar-refractivity contribution is 5.81. The standard InChI is InChI=1S/C23H22F6N2/c1-13-8-6-10-30(4)20(13)18-15(3)19(21-14(2)9-7-11-31(21)5)17(23(27,28)29)12-16(18)22(24,25)26/h6-12H,1-5H3/q+2. The summed E-state index contributed by atoms with van der Waals surface area (Å²) in [7, 11) is 3.15. The molecule has 0 saturated carbocycles. The van der Waals surface area contributed by atoms with Crippen LogP contribution >= 0.6 is 0 Å². The fourth-order valence-corrected chi connectivity index (χ4v) is 4.12. The van der Waals surface area contributed by atoms with E-state index in [4.69, 9.17) is 0 Å². The molecule has 2 nitrogen and oxygen atoms in total. The van der Waals surface area contributed by atoms with E-state index in [1.54, 1.807) is 64.6 Å². The zero-order valence-corrected chi connectivity index (χ0v) is 17.7. The minimum Gasteiger partial charge on any atom is -0.201 e. The van der Waals surface area contributed by atoms with E-state index in [0.29, 0.717) is 11.1 Å². The molecule has 2 aromatic heterocycles. The highest BCUT2D eigenvalue weighted by Gasteiger charge is 2.45. The van der Waals surface area contributed by atoms with E-state index >= 15 is 0 Å². The molecule has 2 heterocycles. The first-order chi connectivity index (χ1) is 14.2. The number of nitrogens with zero attached hydrogens (tertiary/aromatic N) is 2. The van der Waals surface area contributed by atoms with Crippen LogP contribution in [0.4, 0.5) is 26.3 Å². The smallest absolute Gasteiger partial charge is 0.201 e. The van der Waals surface area contributed by atoms with Crippen molar-refractivity contribution < 1.29 is 35.5 Å². The van der Waals surface area contributed by atoms with Crippen molar-refractivity contribution in [3.8, 4) is 22.5 Å². The number of rotatable bonds is 2. The van der Waals surface area contributed by atoms with Crippen molar-refractivity contribution >= 4 is 0 Å². The van der Waals surface area contributed by atoms with E-state index < -0.39 is 23.5 Å². The van der Waals surface area contributed by atoms with Crippen molar-refractivity contribution in [2.45, 2.75) is 33.1 Å². The summed E-state index contributed by atoms with van der Waals surface area (Å²) < 4.78 is 87.3. The largest absolute Gasteiger partial charge is 0.417 e. The molecule has 0 fully saturated rings. The predicted molar refractivity (Wildman–Crippen MR) is 104 cm³/mol. The minimum atomic E-state index is -4.97. The van der Waals surface area contributed by atoms with Gasteiger partial charge in [0.05, 0.1) is 22.3 Å². The van der Waals surface area contributed by atoms with Gasteiger partial charge in [-0.15, -0.1) is 0 Å². The molecule has 0 unspecified atom stereocenters. The summed E-state index contributed by atoms with van der Waals surface area (Å²) in [6, 6.07) is 6.87. The van der Waals surface area contributed by atoms with Gasteiger partial charge in [0.2, 0.25) is 11.4 Å². The Morgan fingerprint density at radius 2 is 1.00 bits per heavy atom. The Labute approximate surface area is 176 Å². The zero-order valence-electron chi connectivity index (χ0n) is 17.7. The molecule has 0 spiro atoms. The lowest BCUT2D eigenvalue weighted by Gasteiger charge is -2.22. The molecule has 0 atom stereocenters. The first-order valence-corrected chi connectivity index (χ1v) is 9.48. The molecule has 0 saturated heterocycles. The van der Waals surface area contributed by atoms with Crippen molar-refractivity contribution in [3.63, 3.8) is 0 Å². The van der Waals surface area contributed by atoms with Crippen LogP contribution in [0.15, 0.2) is 42.7 Å². The maximum atomic E-state index is 14.1. The van der Waals surface area contributed by atoms with Crippen LogP contribution in [0.5, 0.6) is 0 Å². The van der Waals surface area contributed by atoms with Crippen LogP contribution in [-0.4, -0.2) is 0 Å². The second-order valence-corrected chi connectivity index (χ2v) is 7.64.